The third-order valence-electron chi connectivity index (χ3n) is 8.26. The summed E-state index contributed by atoms with van der Waals surface area (Å²) in [7, 11) is 0. The number of rotatable bonds is 19. The SMILES string of the molecule is CCC.CCC.CCC(C)(CC)CC.CCC(C)C.CCCC(C)C.CCCCC(C)C.CCCCCCCCCCCC(C)C. The number of hydrogen-bond acceptors (Lipinski definition) is 0. The molecule has 0 aromatic heterocycles. The van der Waals surface area contributed by atoms with Crippen molar-refractivity contribution in [1.29, 1.82) is 0 Å². The maximum Gasteiger partial charge on any atom is -0.0334 e. The summed E-state index contributed by atoms with van der Waals surface area (Å²) in [4.78, 5) is 0. The maximum atomic E-state index is 2.35. The fourth-order valence-electron chi connectivity index (χ4n) is 3.80. The lowest BCUT2D eigenvalue weighted by Gasteiger charge is -2.23. The van der Waals surface area contributed by atoms with E-state index in [4.69, 9.17) is 0 Å². The minimum Gasteiger partial charge on any atom is -0.0656 e. The summed E-state index contributed by atoms with van der Waals surface area (Å²) >= 11 is 0. The number of unbranched alkanes of at least 4 members (excludes halogenated alkanes) is 9. The largest absolute Gasteiger partial charge is 0.0656 e. The molecule has 0 bridgehead atoms. The minimum atomic E-state index is 0.625. The molecule has 0 fully saturated rings. The Bertz CT molecular complexity index is 388. The van der Waals surface area contributed by atoms with E-state index in [0.717, 1.165) is 23.7 Å². The van der Waals surface area contributed by atoms with Crippen LogP contribution in [0.15, 0.2) is 0 Å². The molecule has 0 saturated heterocycles. The highest BCUT2D eigenvalue weighted by atomic mass is 14.2. The molecule has 0 atom stereocenters. The Morgan fingerprint density at radius 1 is 0.326 bits per heavy atom. The monoisotopic (exact) mass is 659 g/mol. The van der Waals surface area contributed by atoms with E-state index in [1.165, 1.54) is 135 Å². The summed E-state index contributed by atoms with van der Waals surface area (Å²) in [6.45, 7) is 44.8. The van der Waals surface area contributed by atoms with E-state index in [9.17, 15) is 0 Å². The van der Waals surface area contributed by atoms with E-state index in [1.807, 2.05) is 0 Å². The maximum absolute atomic E-state index is 2.35. The molecule has 0 aliphatic heterocycles. The van der Waals surface area contributed by atoms with Gasteiger partial charge in [-0.1, -0.05) is 273 Å². The van der Waals surface area contributed by atoms with Crippen LogP contribution in [0.2, 0.25) is 0 Å². The Kier molecular flexibility index (Phi) is 76.3. The molecule has 0 N–H and O–H groups in total. The summed E-state index contributed by atoms with van der Waals surface area (Å²) in [6, 6.07) is 0. The standard InChI is InChI=1S/C14H30.C8H18.C7H16.C6H14.C5H12.2C3H8/c1-4-5-6-7-8-9-10-11-12-13-14(2)3;1-5-8(4,6-2)7-3;1-4-5-6-7(2)3;1-4-5-6(2)3;1-4-5(2)3;2*1-3-2/h14H,4-13H2,1-3H3;5-7H2,1-4H3;7H,4-6H2,1-3H3;6H,4-5H2,1-3H3;5H,4H2,1-3H3;2*3H2,1-2H3. The molecule has 0 aromatic carbocycles. The number of hydrogen-bond donors (Lipinski definition) is 0. The van der Waals surface area contributed by atoms with Crippen LogP contribution in [-0.2, 0) is 0 Å². The normalized spacial score (nSPS) is 10.2. The van der Waals surface area contributed by atoms with Gasteiger partial charge in [0.2, 0.25) is 0 Å². The van der Waals surface area contributed by atoms with E-state index in [2.05, 4.69) is 138 Å². The lowest BCUT2D eigenvalue weighted by atomic mass is 9.82. The molecular formula is C46H106. The fraction of sp³-hybridized carbons (Fsp3) is 1.00. The van der Waals surface area contributed by atoms with Crippen molar-refractivity contribution in [3.05, 3.63) is 0 Å². The predicted octanol–water partition coefficient (Wildman–Crippen LogP) is 18.9. The van der Waals surface area contributed by atoms with Crippen LogP contribution in [0, 0.1) is 29.1 Å². The van der Waals surface area contributed by atoms with Gasteiger partial charge in [0.25, 0.3) is 0 Å². The van der Waals surface area contributed by atoms with Crippen LogP contribution in [-0.4, -0.2) is 0 Å². The second kappa shape index (κ2) is 57.3. The van der Waals surface area contributed by atoms with Crippen molar-refractivity contribution >= 4 is 0 Å². The zero-order valence-electron chi connectivity index (χ0n) is 37.7. The van der Waals surface area contributed by atoms with Crippen molar-refractivity contribution in [3.8, 4) is 0 Å². The molecule has 0 heteroatoms. The topological polar surface area (TPSA) is 0 Å². The van der Waals surface area contributed by atoms with E-state index in [1.54, 1.807) is 0 Å². The molecule has 0 aliphatic carbocycles. The molecule has 46 heavy (non-hydrogen) atoms. The van der Waals surface area contributed by atoms with Crippen molar-refractivity contribution in [2.24, 2.45) is 29.1 Å². The molecule has 0 heterocycles. The van der Waals surface area contributed by atoms with E-state index in [-0.39, 0.29) is 0 Å². The summed E-state index contributed by atoms with van der Waals surface area (Å²) in [6.07, 6.45) is 29.1. The van der Waals surface area contributed by atoms with Gasteiger partial charge in [-0.3, -0.25) is 0 Å². The van der Waals surface area contributed by atoms with Gasteiger partial charge in [0.05, 0.1) is 0 Å². The Balaban J connectivity index is -0.0000000827. The lowest BCUT2D eigenvalue weighted by molar-refractivity contribution is 0.286. The van der Waals surface area contributed by atoms with Gasteiger partial charge in [-0.25, -0.2) is 0 Å². The third kappa shape index (κ3) is 96.7. The molecular weight excluding hydrogens is 553 g/mol. The van der Waals surface area contributed by atoms with Crippen LogP contribution >= 0.6 is 0 Å². The molecule has 0 aromatic rings. The molecule has 0 radical (unpaired) electrons. The van der Waals surface area contributed by atoms with E-state index < -0.39 is 0 Å². The van der Waals surface area contributed by atoms with Crippen LogP contribution in [0.4, 0.5) is 0 Å². The van der Waals surface area contributed by atoms with Crippen LogP contribution in [0.1, 0.15) is 273 Å². The van der Waals surface area contributed by atoms with Crippen molar-refractivity contribution in [3.63, 3.8) is 0 Å². The first-order valence-electron chi connectivity index (χ1n) is 21.6. The van der Waals surface area contributed by atoms with Gasteiger partial charge in [-0.05, 0) is 29.1 Å². The molecule has 0 unspecified atom stereocenters. The van der Waals surface area contributed by atoms with Crippen LogP contribution in [0.5, 0.6) is 0 Å². The van der Waals surface area contributed by atoms with Gasteiger partial charge in [0.1, 0.15) is 0 Å². The second-order valence-corrected chi connectivity index (χ2v) is 15.8. The van der Waals surface area contributed by atoms with Crippen LogP contribution in [0.25, 0.3) is 0 Å². The average molecular weight is 659 g/mol. The third-order valence-corrected chi connectivity index (χ3v) is 8.26. The molecule has 0 nitrogen and oxygen atoms in total. The summed E-state index contributed by atoms with van der Waals surface area (Å²) in [5.41, 5.74) is 0.625. The Hall–Kier alpha value is 0. The van der Waals surface area contributed by atoms with Crippen LogP contribution in [0.3, 0.4) is 0 Å². The average Bonchev–Trinajstić information content (AvgIpc) is 3.00. The molecule has 0 rings (SSSR count). The fourth-order valence-corrected chi connectivity index (χ4v) is 3.80. The molecule has 0 aliphatic rings. The van der Waals surface area contributed by atoms with Gasteiger partial charge in [-0.2, -0.15) is 0 Å². The highest BCUT2D eigenvalue weighted by molar-refractivity contribution is 4.67. The first kappa shape index (κ1) is 61.2. The van der Waals surface area contributed by atoms with Crippen LogP contribution < -0.4 is 0 Å². The molecule has 0 spiro atoms. The van der Waals surface area contributed by atoms with Crippen molar-refractivity contribution in [2.45, 2.75) is 273 Å². The van der Waals surface area contributed by atoms with E-state index in [0.29, 0.717) is 5.41 Å². The van der Waals surface area contributed by atoms with Gasteiger partial charge < -0.3 is 0 Å². The zero-order chi connectivity index (χ0) is 37.7. The lowest BCUT2D eigenvalue weighted by Crippen LogP contribution is -2.10. The smallest absolute Gasteiger partial charge is 0.0334 e. The van der Waals surface area contributed by atoms with Gasteiger partial charge in [-0.15, -0.1) is 0 Å². The van der Waals surface area contributed by atoms with Gasteiger partial charge in [0.15, 0.2) is 0 Å². The second-order valence-electron chi connectivity index (χ2n) is 15.8. The first-order chi connectivity index (χ1) is 21.6. The highest BCUT2D eigenvalue weighted by Crippen LogP contribution is 2.28. The minimum absolute atomic E-state index is 0.625. The van der Waals surface area contributed by atoms with E-state index >= 15 is 0 Å². The quantitative estimate of drug-likeness (QED) is 0.121. The predicted molar refractivity (Wildman–Crippen MR) is 227 cm³/mol. The van der Waals surface area contributed by atoms with Crippen molar-refractivity contribution < 1.29 is 0 Å². The summed E-state index contributed by atoms with van der Waals surface area (Å²) < 4.78 is 0. The van der Waals surface area contributed by atoms with Gasteiger partial charge in [0, 0.05) is 0 Å². The molecule has 0 saturated carbocycles. The zero-order valence-corrected chi connectivity index (χ0v) is 37.7. The van der Waals surface area contributed by atoms with Gasteiger partial charge >= 0.3 is 0 Å². The Morgan fingerprint density at radius 2 is 0.587 bits per heavy atom. The van der Waals surface area contributed by atoms with Crippen molar-refractivity contribution in [2.75, 3.05) is 0 Å². The Morgan fingerprint density at radius 3 is 0.739 bits per heavy atom. The Labute approximate surface area is 301 Å². The van der Waals surface area contributed by atoms with Crippen molar-refractivity contribution in [1.82, 2.24) is 0 Å². The highest BCUT2D eigenvalue weighted by Gasteiger charge is 2.15. The molecule has 0 amide bonds. The summed E-state index contributed by atoms with van der Waals surface area (Å²) in [5, 5.41) is 0. The first-order valence-corrected chi connectivity index (χ1v) is 21.6. The molecule has 290 valence electrons. The summed E-state index contributed by atoms with van der Waals surface area (Å²) in [5.74, 6) is 3.59.